The van der Waals surface area contributed by atoms with Gasteiger partial charge in [0.25, 0.3) is 0 Å². The molecule has 116 valence electrons. The standard InChI is InChI=1S/C16H21F3N2/c17-12-9-13(18)15(19)14(10-12)21-8-4-7-20-16(11-21)5-2-1-3-6-16/h9-10,20H,1-8,11H2. The Morgan fingerprint density at radius 3 is 2.52 bits per heavy atom. The summed E-state index contributed by atoms with van der Waals surface area (Å²) in [5, 5.41) is 3.59. The van der Waals surface area contributed by atoms with Crippen molar-refractivity contribution >= 4 is 5.69 Å². The zero-order valence-electron chi connectivity index (χ0n) is 12.1. The zero-order chi connectivity index (χ0) is 14.9. The van der Waals surface area contributed by atoms with Gasteiger partial charge in [-0.2, -0.15) is 0 Å². The predicted octanol–water partition coefficient (Wildman–Crippen LogP) is 3.61. The summed E-state index contributed by atoms with van der Waals surface area (Å²) in [6.07, 6.45) is 6.47. The molecule has 2 nitrogen and oxygen atoms in total. The van der Waals surface area contributed by atoms with E-state index in [1.807, 2.05) is 4.90 Å². The summed E-state index contributed by atoms with van der Waals surface area (Å²) in [5.74, 6) is -2.78. The van der Waals surface area contributed by atoms with E-state index in [2.05, 4.69) is 5.32 Å². The highest BCUT2D eigenvalue weighted by molar-refractivity contribution is 5.49. The molecule has 2 aliphatic rings. The molecule has 1 saturated heterocycles. The van der Waals surface area contributed by atoms with Crippen LogP contribution in [-0.4, -0.2) is 25.2 Å². The van der Waals surface area contributed by atoms with Crippen LogP contribution >= 0.6 is 0 Å². The lowest BCUT2D eigenvalue weighted by molar-refractivity contribution is 0.246. The Hall–Kier alpha value is -1.23. The van der Waals surface area contributed by atoms with Crippen molar-refractivity contribution < 1.29 is 13.2 Å². The van der Waals surface area contributed by atoms with Crippen molar-refractivity contribution in [2.45, 2.75) is 44.1 Å². The largest absolute Gasteiger partial charge is 0.367 e. The van der Waals surface area contributed by atoms with Crippen LogP contribution in [0, 0.1) is 17.5 Å². The Morgan fingerprint density at radius 2 is 1.76 bits per heavy atom. The van der Waals surface area contributed by atoms with Gasteiger partial charge in [-0.3, -0.25) is 0 Å². The van der Waals surface area contributed by atoms with Crippen LogP contribution in [0.3, 0.4) is 0 Å². The minimum absolute atomic E-state index is 0.0377. The smallest absolute Gasteiger partial charge is 0.182 e. The van der Waals surface area contributed by atoms with Gasteiger partial charge in [-0.25, -0.2) is 13.2 Å². The third kappa shape index (κ3) is 3.03. The van der Waals surface area contributed by atoms with Gasteiger partial charge in [0.2, 0.25) is 0 Å². The van der Waals surface area contributed by atoms with E-state index in [0.29, 0.717) is 19.2 Å². The van der Waals surface area contributed by atoms with Crippen molar-refractivity contribution in [2.75, 3.05) is 24.5 Å². The van der Waals surface area contributed by atoms with Crippen molar-refractivity contribution in [1.82, 2.24) is 5.32 Å². The number of nitrogens with one attached hydrogen (secondary N) is 1. The zero-order valence-corrected chi connectivity index (χ0v) is 12.1. The normalized spacial score (nSPS) is 22.3. The summed E-state index contributed by atoms with van der Waals surface area (Å²) in [7, 11) is 0. The number of nitrogens with zero attached hydrogens (tertiary/aromatic N) is 1. The molecule has 0 bridgehead atoms. The average molecular weight is 298 g/mol. The molecule has 0 aromatic heterocycles. The highest BCUT2D eigenvalue weighted by Gasteiger charge is 2.35. The Kier molecular flexibility index (Phi) is 4.11. The van der Waals surface area contributed by atoms with Gasteiger partial charge in [0.1, 0.15) is 5.82 Å². The summed E-state index contributed by atoms with van der Waals surface area (Å²) >= 11 is 0. The highest BCUT2D eigenvalue weighted by Crippen LogP contribution is 2.33. The van der Waals surface area contributed by atoms with E-state index in [1.165, 1.54) is 6.42 Å². The van der Waals surface area contributed by atoms with Gasteiger partial charge in [-0.1, -0.05) is 19.3 Å². The minimum Gasteiger partial charge on any atom is -0.367 e. The molecule has 0 atom stereocenters. The van der Waals surface area contributed by atoms with E-state index in [4.69, 9.17) is 0 Å². The number of rotatable bonds is 1. The molecule has 0 amide bonds. The quantitative estimate of drug-likeness (QED) is 0.797. The van der Waals surface area contributed by atoms with E-state index < -0.39 is 17.5 Å². The van der Waals surface area contributed by atoms with Crippen LogP contribution in [0.5, 0.6) is 0 Å². The highest BCUT2D eigenvalue weighted by atomic mass is 19.2. The van der Waals surface area contributed by atoms with Crippen LogP contribution in [-0.2, 0) is 0 Å². The van der Waals surface area contributed by atoms with E-state index in [0.717, 1.165) is 44.7 Å². The minimum atomic E-state index is -1.11. The SMILES string of the molecule is Fc1cc(F)c(F)c(N2CCCNC3(CCCCC3)C2)c1. The average Bonchev–Trinajstić information content (AvgIpc) is 2.66. The molecule has 0 radical (unpaired) electrons. The van der Waals surface area contributed by atoms with Gasteiger partial charge in [0.15, 0.2) is 11.6 Å². The summed E-state index contributed by atoms with van der Waals surface area (Å²) in [5.41, 5.74) is 0.0189. The summed E-state index contributed by atoms with van der Waals surface area (Å²) in [6, 6.07) is 1.71. The molecule has 2 fully saturated rings. The van der Waals surface area contributed by atoms with Crippen molar-refractivity contribution in [3.63, 3.8) is 0 Å². The molecule has 1 saturated carbocycles. The first-order valence-corrected chi connectivity index (χ1v) is 7.74. The third-order valence-corrected chi connectivity index (χ3v) is 4.72. The fourth-order valence-electron chi connectivity index (χ4n) is 3.67. The first-order chi connectivity index (χ1) is 10.1. The molecule has 1 heterocycles. The molecule has 1 aromatic carbocycles. The molecular weight excluding hydrogens is 277 g/mol. The van der Waals surface area contributed by atoms with Gasteiger partial charge in [-0.15, -0.1) is 0 Å². The summed E-state index contributed by atoms with van der Waals surface area (Å²) < 4.78 is 41.0. The van der Waals surface area contributed by atoms with Crippen molar-refractivity contribution in [3.8, 4) is 0 Å². The fourth-order valence-corrected chi connectivity index (χ4v) is 3.67. The van der Waals surface area contributed by atoms with Gasteiger partial charge >= 0.3 is 0 Å². The maximum absolute atomic E-state index is 14.1. The number of halogens is 3. The monoisotopic (exact) mass is 298 g/mol. The number of anilines is 1. The topological polar surface area (TPSA) is 15.3 Å². The molecule has 1 aliphatic heterocycles. The first-order valence-electron chi connectivity index (χ1n) is 7.74. The van der Waals surface area contributed by atoms with Crippen LogP contribution < -0.4 is 10.2 Å². The van der Waals surface area contributed by atoms with Gasteiger partial charge in [-0.05, 0) is 25.8 Å². The lowest BCUT2D eigenvalue weighted by atomic mass is 9.81. The van der Waals surface area contributed by atoms with Crippen molar-refractivity contribution in [1.29, 1.82) is 0 Å². The molecule has 1 aromatic rings. The van der Waals surface area contributed by atoms with Crippen LogP contribution in [0.4, 0.5) is 18.9 Å². The Labute approximate surface area is 123 Å². The van der Waals surface area contributed by atoms with Gasteiger partial charge in [0.05, 0.1) is 5.69 Å². The summed E-state index contributed by atoms with van der Waals surface area (Å²) in [6.45, 7) is 2.11. The lowest BCUT2D eigenvalue weighted by Gasteiger charge is -2.40. The second kappa shape index (κ2) is 5.87. The van der Waals surface area contributed by atoms with E-state index in [9.17, 15) is 13.2 Å². The molecule has 1 aliphatic carbocycles. The molecule has 3 rings (SSSR count). The van der Waals surface area contributed by atoms with Crippen LogP contribution in [0.1, 0.15) is 38.5 Å². The maximum atomic E-state index is 14.1. The number of hydrogen-bond donors (Lipinski definition) is 1. The van der Waals surface area contributed by atoms with Crippen LogP contribution in [0.25, 0.3) is 0 Å². The van der Waals surface area contributed by atoms with Gasteiger partial charge in [0, 0.05) is 30.8 Å². The number of hydrogen-bond acceptors (Lipinski definition) is 2. The van der Waals surface area contributed by atoms with E-state index in [-0.39, 0.29) is 11.2 Å². The number of benzene rings is 1. The molecule has 5 heteroatoms. The summed E-state index contributed by atoms with van der Waals surface area (Å²) in [4.78, 5) is 1.81. The van der Waals surface area contributed by atoms with Gasteiger partial charge < -0.3 is 10.2 Å². The molecule has 1 N–H and O–H groups in total. The first kappa shape index (κ1) is 14.7. The second-order valence-corrected chi connectivity index (χ2v) is 6.26. The van der Waals surface area contributed by atoms with E-state index >= 15 is 0 Å². The lowest BCUT2D eigenvalue weighted by Crippen LogP contribution is -2.52. The van der Waals surface area contributed by atoms with Crippen LogP contribution in [0.15, 0.2) is 12.1 Å². The fraction of sp³-hybridized carbons (Fsp3) is 0.625. The maximum Gasteiger partial charge on any atom is 0.182 e. The Bertz CT molecular complexity index is 512. The van der Waals surface area contributed by atoms with Crippen molar-refractivity contribution in [2.24, 2.45) is 0 Å². The molecule has 0 unspecified atom stereocenters. The molecular formula is C16H21F3N2. The molecule has 1 spiro atoms. The Balaban J connectivity index is 1.90. The Morgan fingerprint density at radius 1 is 1.00 bits per heavy atom. The van der Waals surface area contributed by atoms with Crippen LogP contribution in [0.2, 0.25) is 0 Å². The van der Waals surface area contributed by atoms with E-state index in [1.54, 1.807) is 0 Å². The second-order valence-electron chi connectivity index (χ2n) is 6.26. The van der Waals surface area contributed by atoms with Crippen molar-refractivity contribution in [3.05, 3.63) is 29.6 Å². The third-order valence-electron chi connectivity index (χ3n) is 4.72. The predicted molar refractivity (Wildman–Crippen MR) is 77.0 cm³/mol. The molecule has 21 heavy (non-hydrogen) atoms.